The number of nitrogens with zero attached hydrogens (tertiary/aromatic N) is 2. The Morgan fingerprint density at radius 2 is 2.19 bits per heavy atom. The van der Waals surface area contributed by atoms with Crippen LogP contribution in [-0.4, -0.2) is 18.1 Å². The van der Waals surface area contributed by atoms with Crippen molar-refractivity contribution in [1.29, 1.82) is 0 Å². The first kappa shape index (κ1) is 16.3. The minimum absolute atomic E-state index is 0.167. The highest BCUT2D eigenvalue weighted by Gasteiger charge is 2.13. The number of thiazole rings is 1. The fraction of sp³-hybridized carbons (Fsp3) is 0.438. The molecule has 5 heteroatoms. The zero-order chi connectivity index (χ0) is 15.4. The van der Waals surface area contributed by atoms with E-state index in [0.717, 1.165) is 30.1 Å². The first-order valence-electron chi connectivity index (χ1n) is 7.15. The lowest BCUT2D eigenvalue weighted by Gasteiger charge is -2.23. The second kappa shape index (κ2) is 7.25. The van der Waals surface area contributed by atoms with Gasteiger partial charge in [-0.3, -0.25) is 0 Å². The van der Waals surface area contributed by atoms with Gasteiger partial charge in [-0.2, -0.15) is 0 Å². The average molecular weight is 324 g/mol. The van der Waals surface area contributed by atoms with Crippen molar-refractivity contribution in [2.24, 2.45) is 5.73 Å². The monoisotopic (exact) mass is 323 g/mol. The topological polar surface area (TPSA) is 42.1 Å². The van der Waals surface area contributed by atoms with Crippen LogP contribution in [0.2, 0.25) is 5.02 Å². The van der Waals surface area contributed by atoms with E-state index in [2.05, 4.69) is 36.8 Å². The minimum Gasteiger partial charge on any atom is -0.369 e. The molecule has 1 aromatic carbocycles. The van der Waals surface area contributed by atoms with Gasteiger partial charge in [0, 0.05) is 28.7 Å². The highest BCUT2D eigenvalue weighted by molar-refractivity contribution is 7.09. The van der Waals surface area contributed by atoms with Gasteiger partial charge >= 0.3 is 0 Å². The highest BCUT2D eigenvalue weighted by Crippen LogP contribution is 2.27. The number of benzene rings is 1. The first-order valence-corrected chi connectivity index (χ1v) is 8.41. The number of anilines is 1. The van der Waals surface area contributed by atoms with Crippen LogP contribution >= 0.6 is 22.9 Å². The summed E-state index contributed by atoms with van der Waals surface area (Å²) in [6.45, 7) is 5.02. The predicted octanol–water partition coefficient (Wildman–Crippen LogP) is 4.02. The van der Waals surface area contributed by atoms with Gasteiger partial charge in [0.15, 0.2) is 0 Å². The van der Waals surface area contributed by atoms with E-state index >= 15 is 0 Å². The lowest BCUT2D eigenvalue weighted by molar-refractivity contribution is 0.645. The minimum atomic E-state index is 0.167. The second-order valence-corrected chi connectivity index (χ2v) is 6.74. The summed E-state index contributed by atoms with van der Waals surface area (Å²) in [5.41, 5.74) is 11.5. The van der Waals surface area contributed by atoms with Crippen LogP contribution in [0.5, 0.6) is 0 Å². The summed E-state index contributed by atoms with van der Waals surface area (Å²) in [5, 5.41) is 0.763. The molecular weight excluding hydrogens is 302 g/mol. The van der Waals surface area contributed by atoms with Crippen LogP contribution in [0.3, 0.4) is 0 Å². The summed E-state index contributed by atoms with van der Waals surface area (Å²) in [6, 6.07) is 6.22. The van der Waals surface area contributed by atoms with Gasteiger partial charge < -0.3 is 10.6 Å². The van der Waals surface area contributed by atoms with Crippen LogP contribution in [-0.2, 0) is 13.0 Å². The fourth-order valence-corrected chi connectivity index (χ4v) is 3.32. The van der Waals surface area contributed by atoms with Crippen LogP contribution < -0.4 is 10.6 Å². The Morgan fingerprint density at radius 3 is 2.81 bits per heavy atom. The highest BCUT2D eigenvalue weighted by atomic mass is 35.5. The zero-order valence-electron chi connectivity index (χ0n) is 12.8. The van der Waals surface area contributed by atoms with E-state index < -0.39 is 0 Å². The third-order valence-electron chi connectivity index (χ3n) is 3.68. The van der Waals surface area contributed by atoms with E-state index in [4.69, 9.17) is 17.3 Å². The largest absolute Gasteiger partial charge is 0.369 e. The van der Waals surface area contributed by atoms with E-state index in [9.17, 15) is 0 Å². The third-order valence-corrected chi connectivity index (χ3v) is 4.84. The van der Waals surface area contributed by atoms with Gasteiger partial charge in [0.2, 0.25) is 0 Å². The van der Waals surface area contributed by atoms with E-state index in [0.29, 0.717) is 0 Å². The normalized spacial score (nSPS) is 12.4. The Labute approximate surface area is 135 Å². The molecule has 0 aliphatic rings. The van der Waals surface area contributed by atoms with Crippen molar-refractivity contribution in [2.45, 2.75) is 39.3 Å². The molecule has 0 radical (unpaired) electrons. The fourth-order valence-electron chi connectivity index (χ4n) is 2.30. The number of rotatable bonds is 6. The Kier molecular flexibility index (Phi) is 5.62. The van der Waals surface area contributed by atoms with Crippen molar-refractivity contribution in [1.82, 2.24) is 4.98 Å². The summed E-state index contributed by atoms with van der Waals surface area (Å²) in [7, 11) is 2.10. The average Bonchev–Trinajstić information content (AvgIpc) is 2.84. The Hall–Kier alpha value is -1.10. The molecule has 1 aromatic heterocycles. The number of nitrogens with two attached hydrogens (primary N) is 1. The summed E-state index contributed by atoms with van der Waals surface area (Å²) in [5.74, 6) is 0. The van der Waals surface area contributed by atoms with Crippen molar-refractivity contribution in [3.63, 3.8) is 0 Å². The second-order valence-electron chi connectivity index (χ2n) is 5.36. The van der Waals surface area contributed by atoms with Crippen molar-refractivity contribution < 1.29 is 0 Å². The number of aryl methyl sites for hydroxylation is 1. The number of hydrogen-bond acceptors (Lipinski definition) is 4. The Balaban J connectivity index is 2.23. The van der Waals surface area contributed by atoms with E-state index in [-0.39, 0.29) is 6.04 Å². The molecule has 2 rings (SSSR count). The van der Waals surface area contributed by atoms with Gasteiger partial charge in [0.25, 0.3) is 0 Å². The van der Waals surface area contributed by atoms with Gasteiger partial charge in [0.1, 0.15) is 0 Å². The Morgan fingerprint density at radius 1 is 1.43 bits per heavy atom. The maximum absolute atomic E-state index is 6.15. The molecule has 3 nitrogen and oxygen atoms in total. The maximum atomic E-state index is 6.15. The number of halogens is 1. The maximum Gasteiger partial charge on any atom is 0.0798 e. The van der Waals surface area contributed by atoms with Crippen LogP contribution in [0, 0.1) is 6.92 Å². The molecule has 21 heavy (non-hydrogen) atoms. The summed E-state index contributed by atoms with van der Waals surface area (Å²) in [6.07, 6.45) is 1.81. The summed E-state index contributed by atoms with van der Waals surface area (Å²) in [4.78, 5) is 7.85. The van der Waals surface area contributed by atoms with Gasteiger partial charge in [-0.25, -0.2) is 4.98 Å². The molecule has 0 aliphatic carbocycles. The first-order chi connectivity index (χ1) is 10.0. The van der Waals surface area contributed by atoms with E-state index in [1.165, 1.54) is 16.1 Å². The predicted molar refractivity (Wildman–Crippen MR) is 92.4 cm³/mol. The smallest absolute Gasteiger partial charge is 0.0798 e. The van der Waals surface area contributed by atoms with Crippen LogP contribution in [0.1, 0.15) is 29.5 Å². The molecule has 0 fully saturated rings. The summed E-state index contributed by atoms with van der Waals surface area (Å²) < 4.78 is 0. The van der Waals surface area contributed by atoms with Crippen LogP contribution in [0.4, 0.5) is 5.69 Å². The quantitative estimate of drug-likeness (QED) is 0.873. The van der Waals surface area contributed by atoms with Gasteiger partial charge in [-0.1, -0.05) is 18.5 Å². The van der Waals surface area contributed by atoms with Crippen molar-refractivity contribution >= 4 is 28.6 Å². The van der Waals surface area contributed by atoms with Crippen molar-refractivity contribution in [3.05, 3.63) is 44.9 Å². The lowest BCUT2D eigenvalue weighted by atomic mass is 10.0. The molecule has 2 aromatic rings. The number of hydrogen-bond donors (Lipinski definition) is 1. The molecule has 0 saturated heterocycles. The van der Waals surface area contributed by atoms with Crippen LogP contribution in [0.15, 0.2) is 23.7 Å². The van der Waals surface area contributed by atoms with Crippen molar-refractivity contribution in [3.8, 4) is 0 Å². The molecule has 1 heterocycles. The molecular formula is C16H22ClN3S. The lowest BCUT2D eigenvalue weighted by Crippen LogP contribution is -2.24. The van der Waals surface area contributed by atoms with Gasteiger partial charge in [0.05, 0.1) is 17.7 Å². The Bertz CT molecular complexity index is 597. The van der Waals surface area contributed by atoms with Crippen molar-refractivity contribution in [2.75, 3.05) is 11.9 Å². The van der Waals surface area contributed by atoms with Gasteiger partial charge in [-0.05, 0) is 43.5 Å². The molecule has 1 unspecified atom stereocenters. The molecule has 0 amide bonds. The SMILES string of the molecule is CCC(N)Cc1cc(Cl)ccc1N(C)Cc1scnc1C. The third kappa shape index (κ3) is 4.19. The molecule has 0 aliphatic heterocycles. The molecule has 0 spiro atoms. The van der Waals surface area contributed by atoms with Crippen LogP contribution in [0.25, 0.3) is 0 Å². The standard InChI is InChI=1S/C16H22ClN3S/c1-4-14(18)8-12-7-13(17)5-6-15(12)20(3)9-16-11(2)19-10-21-16/h5-7,10,14H,4,8-9,18H2,1-3H3. The molecule has 0 bridgehead atoms. The number of aromatic nitrogens is 1. The van der Waals surface area contributed by atoms with E-state index in [1.807, 2.05) is 17.6 Å². The van der Waals surface area contributed by atoms with E-state index in [1.54, 1.807) is 11.3 Å². The van der Waals surface area contributed by atoms with Gasteiger partial charge in [-0.15, -0.1) is 11.3 Å². The molecule has 1 atom stereocenters. The summed E-state index contributed by atoms with van der Waals surface area (Å²) >= 11 is 7.85. The zero-order valence-corrected chi connectivity index (χ0v) is 14.3. The molecule has 0 saturated carbocycles. The molecule has 114 valence electrons. The molecule has 2 N–H and O–H groups in total.